The van der Waals surface area contributed by atoms with Crippen LogP contribution < -0.4 is 4.90 Å². The van der Waals surface area contributed by atoms with Gasteiger partial charge < -0.3 is 19.3 Å². The Balaban J connectivity index is 1.31. The van der Waals surface area contributed by atoms with Gasteiger partial charge in [0, 0.05) is 44.0 Å². The first-order valence-electron chi connectivity index (χ1n) is 9.81. The average molecular weight is 411 g/mol. The van der Waals surface area contributed by atoms with Crippen LogP contribution in [0.5, 0.6) is 0 Å². The average Bonchev–Trinajstić information content (AvgIpc) is 2.79. The number of rotatable bonds is 8. The standard InChI is InChI=1S/C22H25N3O5/c26-22(30-17-5-4-16-29-18-19-6-2-1-3-7-19)24-14-12-23(13-15-24)20-8-10-21(11-9-20)25(27)28/h1-11H,12-18H2. The molecule has 1 aliphatic rings. The molecule has 30 heavy (non-hydrogen) atoms. The number of ether oxygens (including phenoxy) is 2. The summed E-state index contributed by atoms with van der Waals surface area (Å²) in [6.45, 7) is 3.59. The lowest BCUT2D eigenvalue weighted by Crippen LogP contribution is -2.49. The maximum atomic E-state index is 12.2. The molecule has 0 aliphatic carbocycles. The van der Waals surface area contributed by atoms with Crippen molar-refractivity contribution in [3.8, 4) is 0 Å². The zero-order chi connectivity index (χ0) is 21.2. The highest BCUT2D eigenvalue weighted by Crippen LogP contribution is 2.20. The summed E-state index contributed by atoms with van der Waals surface area (Å²) in [6, 6.07) is 16.4. The number of carbonyl (C=O) groups is 1. The van der Waals surface area contributed by atoms with Crippen molar-refractivity contribution in [2.75, 3.05) is 44.3 Å². The number of nitro benzene ring substituents is 1. The van der Waals surface area contributed by atoms with Crippen molar-refractivity contribution in [2.24, 2.45) is 0 Å². The van der Waals surface area contributed by atoms with E-state index in [1.807, 2.05) is 36.4 Å². The van der Waals surface area contributed by atoms with Gasteiger partial charge >= 0.3 is 6.09 Å². The number of nitrogens with zero attached hydrogens (tertiary/aromatic N) is 3. The van der Waals surface area contributed by atoms with Crippen molar-refractivity contribution in [3.05, 3.63) is 82.4 Å². The minimum Gasteiger partial charge on any atom is -0.445 e. The predicted octanol–water partition coefficient (Wildman–Crippen LogP) is 3.63. The Labute approximate surface area is 175 Å². The molecule has 0 spiro atoms. The van der Waals surface area contributed by atoms with Crippen LogP contribution in [0.15, 0.2) is 66.7 Å². The van der Waals surface area contributed by atoms with E-state index in [4.69, 9.17) is 9.47 Å². The van der Waals surface area contributed by atoms with E-state index in [9.17, 15) is 14.9 Å². The number of hydrogen-bond acceptors (Lipinski definition) is 6. The van der Waals surface area contributed by atoms with Gasteiger partial charge in [0.1, 0.15) is 6.61 Å². The monoisotopic (exact) mass is 411 g/mol. The molecule has 0 N–H and O–H groups in total. The molecular formula is C22H25N3O5. The van der Waals surface area contributed by atoms with E-state index in [0.717, 1.165) is 11.3 Å². The quantitative estimate of drug-likeness (QED) is 0.285. The molecule has 2 aromatic carbocycles. The Morgan fingerprint density at radius 3 is 2.30 bits per heavy atom. The topological polar surface area (TPSA) is 85.2 Å². The molecular weight excluding hydrogens is 386 g/mol. The van der Waals surface area contributed by atoms with Gasteiger partial charge in [0.05, 0.1) is 18.1 Å². The van der Waals surface area contributed by atoms with Crippen molar-refractivity contribution in [1.82, 2.24) is 4.90 Å². The van der Waals surface area contributed by atoms with Gasteiger partial charge in [0.15, 0.2) is 0 Å². The normalized spacial score (nSPS) is 14.1. The largest absolute Gasteiger partial charge is 0.445 e. The van der Waals surface area contributed by atoms with E-state index in [1.54, 1.807) is 23.1 Å². The highest BCUT2D eigenvalue weighted by atomic mass is 16.6. The van der Waals surface area contributed by atoms with Gasteiger partial charge in [0.2, 0.25) is 0 Å². The number of amides is 1. The Hall–Kier alpha value is -3.39. The third-order valence-corrected chi connectivity index (χ3v) is 4.76. The summed E-state index contributed by atoms with van der Waals surface area (Å²) in [5.41, 5.74) is 2.09. The zero-order valence-corrected chi connectivity index (χ0v) is 16.7. The fourth-order valence-corrected chi connectivity index (χ4v) is 3.10. The summed E-state index contributed by atoms with van der Waals surface area (Å²) >= 11 is 0. The van der Waals surface area contributed by atoms with Gasteiger partial charge in [-0.05, 0) is 23.8 Å². The van der Waals surface area contributed by atoms with Gasteiger partial charge in [0.25, 0.3) is 5.69 Å². The van der Waals surface area contributed by atoms with Gasteiger partial charge in [-0.2, -0.15) is 0 Å². The number of anilines is 1. The van der Waals surface area contributed by atoms with Crippen LogP contribution in [0, 0.1) is 10.1 Å². The fourth-order valence-electron chi connectivity index (χ4n) is 3.10. The van der Waals surface area contributed by atoms with E-state index in [-0.39, 0.29) is 18.4 Å². The summed E-state index contributed by atoms with van der Waals surface area (Å²) in [4.78, 5) is 26.3. The molecule has 0 saturated carbocycles. The Bertz CT molecular complexity index is 847. The Morgan fingerprint density at radius 1 is 0.967 bits per heavy atom. The van der Waals surface area contributed by atoms with Crippen LogP contribution >= 0.6 is 0 Å². The highest BCUT2D eigenvalue weighted by molar-refractivity contribution is 5.68. The lowest BCUT2D eigenvalue weighted by Gasteiger charge is -2.35. The summed E-state index contributed by atoms with van der Waals surface area (Å²) in [5, 5.41) is 10.7. The summed E-state index contributed by atoms with van der Waals surface area (Å²) < 4.78 is 10.8. The molecule has 2 aromatic rings. The number of benzene rings is 2. The van der Waals surface area contributed by atoms with Crippen LogP contribution in [-0.2, 0) is 16.1 Å². The number of piperazine rings is 1. The molecule has 0 aromatic heterocycles. The van der Waals surface area contributed by atoms with Gasteiger partial charge in [-0.15, -0.1) is 0 Å². The van der Waals surface area contributed by atoms with E-state index < -0.39 is 4.92 Å². The minimum atomic E-state index is -0.415. The van der Waals surface area contributed by atoms with Crippen molar-refractivity contribution in [2.45, 2.75) is 6.61 Å². The molecule has 1 amide bonds. The molecule has 3 rings (SSSR count). The van der Waals surface area contributed by atoms with Crippen molar-refractivity contribution in [1.29, 1.82) is 0 Å². The van der Waals surface area contributed by atoms with Crippen LogP contribution in [0.25, 0.3) is 0 Å². The van der Waals surface area contributed by atoms with E-state index in [1.165, 1.54) is 12.1 Å². The molecule has 1 aliphatic heterocycles. The van der Waals surface area contributed by atoms with Crippen LogP contribution in [-0.4, -0.2) is 55.3 Å². The first-order valence-corrected chi connectivity index (χ1v) is 9.81. The molecule has 1 heterocycles. The third kappa shape index (κ3) is 6.31. The van der Waals surface area contributed by atoms with Crippen molar-refractivity contribution in [3.63, 3.8) is 0 Å². The number of nitro groups is 1. The van der Waals surface area contributed by atoms with Crippen LogP contribution in [0.4, 0.5) is 16.2 Å². The number of carbonyl (C=O) groups excluding carboxylic acids is 1. The lowest BCUT2D eigenvalue weighted by molar-refractivity contribution is -0.384. The van der Waals surface area contributed by atoms with E-state index in [2.05, 4.69) is 4.90 Å². The Kier molecular flexibility index (Phi) is 7.79. The second-order valence-corrected chi connectivity index (χ2v) is 6.80. The van der Waals surface area contributed by atoms with Gasteiger partial charge in [-0.3, -0.25) is 10.1 Å². The molecule has 8 nitrogen and oxygen atoms in total. The fraction of sp³-hybridized carbons (Fsp3) is 0.318. The van der Waals surface area contributed by atoms with Gasteiger partial charge in [-0.1, -0.05) is 36.4 Å². The predicted molar refractivity (Wildman–Crippen MR) is 113 cm³/mol. The minimum absolute atomic E-state index is 0.0690. The lowest BCUT2D eigenvalue weighted by atomic mass is 10.2. The molecule has 0 radical (unpaired) electrons. The maximum Gasteiger partial charge on any atom is 0.410 e. The smallest absolute Gasteiger partial charge is 0.410 e. The molecule has 0 unspecified atom stereocenters. The second-order valence-electron chi connectivity index (χ2n) is 6.80. The van der Waals surface area contributed by atoms with Crippen molar-refractivity contribution < 1.29 is 19.2 Å². The molecule has 158 valence electrons. The molecule has 0 bridgehead atoms. The zero-order valence-electron chi connectivity index (χ0n) is 16.7. The van der Waals surface area contributed by atoms with Crippen LogP contribution in [0.1, 0.15) is 5.56 Å². The molecule has 0 atom stereocenters. The van der Waals surface area contributed by atoms with Crippen LogP contribution in [0.3, 0.4) is 0 Å². The van der Waals surface area contributed by atoms with Crippen LogP contribution in [0.2, 0.25) is 0 Å². The number of hydrogen-bond donors (Lipinski definition) is 0. The van der Waals surface area contributed by atoms with Crippen molar-refractivity contribution >= 4 is 17.5 Å². The summed E-state index contributed by atoms with van der Waals surface area (Å²) in [7, 11) is 0. The Morgan fingerprint density at radius 2 is 1.63 bits per heavy atom. The number of non-ortho nitro benzene ring substituents is 1. The summed E-state index contributed by atoms with van der Waals surface area (Å²) in [6.07, 6.45) is 3.27. The first-order chi connectivity index (χ1) is 14.6. The molecule has 1 fully saturated rings. The molecule has 1 saturated heterocycles. The second kappa shape index (κ2) is 11.0. The van der Waals surface area contributed by atoms with Gasteiger partial charge in [-0.25, -0.2) is 4.79 Å². The maximum absolute atomic E-state index is 12.2. The van der Waals surface area contributed by atoms with E-state index >= 15 is 0 Å². The SMILES string of the molecule is O=C(OCC=CCOCc1ccccc1)N1CCN(c2ccc([N+](=O)[O-])cc2)CC1. The highest BCUT2D eigenvalue weighted by Gasteiger charge is 2.22. The first kappa shape index (κ1) is 21.3. The third-order valence-electron chi connectivity index (χ3n) is 4.76. The molecule has 8 heteroatoms. The van der Waals surface area contributed by atoms with E-state index in [0.29, 0.717) is 39.4 Å². The summed E-state index contributed by atoms with van der Waals surface area (Å²) in [5.74, 6) is 0.